The van der Waals surface area contributed by atoms with Crippen molar-refractivity contribution in [1.29, 1.82) is 0 Å². The summed E-state index contributed by atoms with van der Waals surface area (Å²) in [5, 5.41) is 21.3. The highest BCUT2D eigenvalue weighted by Crippen LogP contribution is 2.33. The highest BCUT2D eigenvalue weighted by molar-refractivity contribution is 8.00. The van der Waals surface area contributed by atoms with E-state index < -0.39 is 5.60 Å². The van der Waals surface area contributed by atoms with Crippen molar-refractivity contribution in [3.8, 4) is 29.1 Å². The molecule has 0 radical (unpaired) electrons. The zero-order valence-electron chi connectivity index (χ0n) is 17.7. The number of imidazole rings is 1. The molecule has 0 saturated carbocycles. The SMILES string of the molecule is CCn1c(-c2nonc2N)nc2c(C#CC(C)(C)O)ncc(OC[C@@H]3CNCCS3)c21. The predicted molar refractivity (Wildman–Crippen MR) is 119 cm³/mol. The molecular formula is C20H25N7O3S. The highest BCUT2D eigenvalue weighted by Gasteiger charge is 2.24. The van der Waals surface area contributed by atoms with Crippen LogP contribution < -0.4 is 15.8 Å². The van der Waals surface area contributed by atoms with Gasteiger partial charge in [0.05, 0.1) is 11.4 Å². The number of nitrogen functional groups attached to an aromatic ring is 1. The van der Waals surface area contributed by atoms with Crippen LogP contribution in [-0.2, 0) is 6.54 Å². The van der Waals surface area contributed by atoms with E-state index in [1.54, 1.807) is 20.0 Å². The Bertz CT molecular complexity index is 1130. The van der Waals surface area contributed by atoms with E-state index in [1.165, 1.54) is 0 Å². The monoisotopic (exact) mass is 443 g/mol. The van der Waals surface area contributed by atoms with E-state index in [0.717, 1.165) is 24.4 Å². The number of aliphatic hydroxyl groups is 1. The molecule has 1 aliphatic heterocycles. The molecule has 0 aliphatic carbocycles. The van der Waals surface area contributed by atoms with E-state index in [4.69, 9.17) is 20.1 Å². The van der Waals surface area contributed by atoms with Crippen molar-refractivity contribution < 1.29 is 14.5 Å². The van der Waals surface area contributed by atoms with E-state index in [-0.39, 0.29) is 5.82 Å². The van der Waals surface area contributed by atoms with Crippen LogP contribution in [0.5, 0.6) is 5.75 Å². The van der Waals surface area contributed by atoms with Crippen molar-refractivity contribution >= 4 is 28.6 Å². The molecule has 3 aromatic heterocycles. The molecular weight excluding hydrogens is 418 g/mol. The van der Waals surface area contributed by atoms with E-state index in [0.29, 0.717) is 46.9 Å². The number of nitrogens with zero attached hydrogens (tertiary/aromatic N) is 5. The third-order valence-corrected chi connectivity index (χ3v) is 5.91. The molecule has 1 saturated heterocycles. The minimum absolute atomic E-state index is 0.147. The average Bonchev–Trinajstić information content (AvgIpc) is 3.34. The number of nitrogens with one attached hydrogen (secondary N) is 1. The Morgan fingerprint density at radius 3 is 2.94 bits per heavy atom. The fourth-order valence-electron chi connectivity index (χ4n) is 3.27. The topological polar surface area (TPSA) is 137 Å². The van der Waals surface area contributed by atoms with Crippen LogP contribution in [0.2, 0.25) is 0 Å². The summed E-state index contributed by atoms with van der Waals surface area (Å²) in [6.45, 7) is 8.25. The minimum Gasteiger partial charge on any atom is -0.488 e. The molecule has 4 heterocycles. The molecule has 0 aromatic carbocycles. The normalized spacial score (nSPS) is 16.8. The molecule has 0 bridgehead atoms. The van der Waals surface area contributed by atoms with E-state index in [1.807, 2.05) is 23.3 Å². The lowest BCUT2D eigenvalue weighted by Gasteiger charge is -2.22. The zero-order valence-corrected chi connectivity index (χ0v) is 18.5. The Balaban J connectivity index is 1.83. The third-order valence-electron chi connectivity index (χ3n) is 4.69. The van der Waals surface area contributed by atoms with Gasteiger partial charge in [0, 0.05) is 25.4 Å². The van der Waals surface area contributed by atoms with Gasteiger partial charge in [0.2, 0.25) is 0 Å². The summed E-state index contributed by atoms with van der Waals surface area (Å²) in [5.41, 5.74) is 6.83. The van der Waals surface area contributed by atoms with Crippen LogP contribution >= 0.6 is 11.8 Å². The largest absolute Gasteiger partial charge is 0.488 e. The molecule has 10 nitrogen and oxygen atoms in total. The van der Waals surface area contributed by atoms with E-state index in [2.05, 4.69) is 32.5 Å². The zero-order chi connectivity index (χ0) is 22.0. The summed E-state index contributed by atoms with van der Waals surface area (Å²) in [4.78, 5) is 9.19. The van der Waals surface area contributed by atoms with Crippen molar-refractivity contribution in [1.82, 2.24) is 30.2 Å². The maximum Gasteiger partial charge on any atom is 0.199 e. The van der Waals surface area contributed by atoms with Crippen LogP contribution in [0.3, 0.4) is 0 Å². The number of pyridine rings is 1. The van der Waals surface area contributed by atoms with E-state index >= 15 is 0 Å². The van der Waals surface area contributed by atoms with Crippen molar-refractivity contribution in [2.24, 2.45) is 0 Å². The lowest BCUT2D eigenvalue weighted by molar-refractivity contribution is 0.143. The fourth-order valence-corrected chi connectivity index (χ4v) is 4.27. The Morgan fingerprint density at radius 2 is 2.29 bits per heavy atom. The second kappa shape index (κ2) is 8.74. The molecule has 3 aromatic rings. The van der Waals surface area contributed by atoms with Crippen LogP contribution in [0.4, 0.5) is 5.82 Å². The molecule has 1 fully saturated rings. The number of aryl methyl sites for hydroxylation is 1. The summed E-state index contributed by atoms with van der Waals surface area (Å²) in [6, 6.07) is 0. The summed E-state index contributed by atoms with van der Waals surface area (Å²) < 4.78 is 12.9. The molecule has 31 heavy (non-hydrogen) atoms. The summed E-state index contributed by atoms with van der Waals surface area (Å²) in [5.74, 6) is 8.04. The van der Waals surface area contributed by atoms with Crippen molar-refractivity contribution in [3.63, 3.8) is 0 Å². The van der Waals surface area contributed by atoms with Crippen LogP contribution in [0.25, 0.3) is 22.6 Å². The first-order chi connectivity index (χ1) is 14.9. The van der Waals surface area contributed by atoms with Crippen molar-refractivity contribution in [2.45, 2.75) is 38.2 Å². The standard InChI is InChI=1S/C20H25N7O3S/c1-4-27-17-14(29-11-12-9-22-7-8-31-12)10-23-13(5-6-20(2,3)28)15(17)24-19(27)16-18(21)26-30-25-16/h10,12,22,28H,4,7-9,11H2,1-3H3,(H2,21,26)/t12-/m0/s1. The quantitative estimate of drug-likeness (QED) is 0.495. The van der Waals surface area contributed by atoms with Gasteiger partial charge >= 0.3 is 0 Å². The van der Waals surface area contributed by atoms with Gasteiger partial charge in [-0.2, -0.15) is 11.8 Å². The van der Waals surface area contributed by atoms with Gasteiger partial charge in [-0.3, -0.25) is 0 Å². The van der Waals surface area contributed by atoms with Crippen LogP contribution in [0, 0.1) is 11.8 Å². The number of nitrogens with two attached hydrogens (primary N) is 1. The second-order valence-electron chi connectivity index (χ2n) is 7.66. The van der Waals surface area contributed by atoms with Crippen molar-refractivity contribution in [3.05, 3.63) is 11.9 Å². The maximum absolute atomic E-state index is 10.0. The van der Waals surface area contributed by atoms with Gasteiger partial charge in [-0.05, 0) is 37.0 Å². The van der Waals surface area contributed by atoms with Crippen molar-refractivity contribution in [2.75, 3.05) is 31.2 Å². The smallest absolute Gasteiger partial charge is 0.199 e. The van der Waals surface area contributed by atoms with Crippen LogP contribution in [0.1, 0.15) is 26.5 Å². The molecule has 4 rings (SSSR count). The number of ether oxygens (including phenoxy) is 1. The number of fused-ring (bicyclic) bond motifs is 1. The number of aromatic nitrogens is 5. The van der Waals surface area contributed by atoms with Gasteiger partial charge in [-0.15, -0.1) is 0 Å². The average molecular weight is 444 g/mol. The van der Waals surface area contributed by atoms with Crippen LogP contribution in [0.15, 0.2) is 10.8 Å². The summed E-state index contributed by atoms with van der Waals surface area (Å²) >= 11 is 1.89. The Hall–Kier alpha value is -2.81. The van der Waals surface area contributed by atoms with Gasteiger partial charge in [-0.1, -0.05) is 5.92 Å². The first kappa shape index (κ1) is 21.4. The second-order valence-corrected chi connectivity index (χ2v) is 9.07. The van der Waals surface area contributed by atoms with Gasteiger partial charge in [0.1, 0.15) is 28.9 Å². The maximum atomic E-state index is 10.0. The Labute approximate surface area is 183 Å². The lowest BCUT2D eigenvalue weighted by atomic mass is 10.1. The predicted octanol–water partition coefficient (Wildman–Crippen LogP) is 1.29. The molecule has 0 spiro atoms. The van der Waals surface area contributed by atoms with E-state index in [9.17, 15) is 5.11 Å². The Kier molecular flexibility index (Phi) is 6.04. The summed E-state index contributed by atoms with van der Waals surface area (Å²) in [7, 11) is 0. The highest BCUT2D eigenvalue weighted by atomic mass is 32.2. The molecule has 4 N–H and O–H groups in total. The molecule has 164 valence electrons. The fraction of sp³-hybridized carbons (Fsp3) is 0.500. The van der Waals surface area contributed by atoms with Crippen LogP contribution in [-0.4, -0.2) is 66.3 Å². The lowest BCUT2D eigenvalue weighted by Crippen LogP contribution is -2.36. The van der Waals surface area contributed by atoms with Gasteiger partial charge in [-0.25, -0.2) is 14.6 Å². The Morgan fingerprint density at radius 1 is 1.45 bits per heavy atom. The first-order valence-electron chi connectivity index (χ1n) is 10.1. The van der Waals surface area contributed by atoms with Gasteiger partial charge in [0.25, 0.3) is 0 Å². The number of hydrogen-bond donors (Lipinski definition) is 3. The number of thioether (sulfide) groups is 1. The van der Waals surface area contributed by atoms with Gasteiger partial charge in [0.15, 0.2) is 23.1 Å². The third kappa shape index (κ3) is 4.61. The number of rotatable bonds is 5. The molecule has 0 amide bonds. The molecule has 0 unspecified atom stereocenters. The molecule has 11 heteroatoms. The first-order valence-corrected chi connectivity index (χ1v) is 11.1. The minimum atomic E-state index is -1.16. The van der Waals surface area contributed by atoms with Gasteiger partial charge < -0.3 is 25.5 Å². The molecule has 1 atom stereocenters. The number of anilines is 1. The number of hydrogen-bond acceptors (Lipinski definition) is 10. The summed E-state index contributed by atoms with van der Waals surface area (Å²) in [6.07, 6.45) is 1.65. The molecule has 1 aliphatic rings.